The maximum Gasteiger partial charge on any atom is 0.338 e. The molecule has 188 valence electrons. The molecule has 3 rings (SSSR count). The van der Waals surface area contributed by atoms with Crippen LogP contribution in [0.5, 0.6) is 0 Å². The molecule has 0 aromatic heterocycles. The van der Waals surface area contributed by atoms with Gasteiger partial charge in [-0.1, -0.05) is 60.7 Å². The number of ether oxygens (including phenoxy) is 1. The summed E-state index contributed by atoms with van der Waals surface area (Å²) in [5.74, 6) is 17.2. The first-order chi connectivity index (χ1) is 17.4. The molecule has 10 heteroatoms. The number of rotatable bonds is 7. The van der Waals surface area contributed by atoms with Gasteiger partial charge >= 0.3 is 5.97 Å². The predicted molar refractivity (Wildman–Crippen MR) is 144 cm³/mol. The molecular weight excluding hydrogens is 456 g/mol. The molecule has 1 unspecified atom stereocenters. The van der Waals surface area contributed by atoms with Gasteiger partial charge in [0.25, 0.3) is 0 Å². The number of amidine groups is 1. The van der Waals surface area contributed by atoms with E-state index in [0.717, 1.165) is 16.3 Å². The van der Waals surface area contributed by atoms with Gasteiger partial charge in [-0.2, -0.15) is 5.10 Å². The van der Waals surface area contributed by atoms with Gasteiger partial charge < -0.3 is 16.3 Å². The van der Waals surface area contributed by atoms with Crippen LogP contribution in [0, 0.1) is 12.8 Å². The van der Waals surface area contributed by atoms with Gasteiger partial charge in [-0.15, -0.1) is 12.8 Å². The standard InChI is InChI=1S/C24H30N8O2.C2H2/c1-3-16(22(25)30-26)9-6-7-14-34-23(33)20-15(2)29-24(31-27)32(28)21(20)19-13-8-11-17-10-4-5-12-18(17)19;1-2/h3-6,8-13,21H,7,14,26-28H2,1-2H3,(H2,25,30)(H,29,31);1-2H/b9-6-,16-3+;. The van der Waals surface area contributed by atoms with Crippen LogP contribution in [0.15, 0.2) is 87.6 Å². The van der Waals surface area contributed by atoms with Gasteiger partial charge in [-0.25, -0.2) is 21.5 Å². The highest BCUT2D eigenvalue weighted by Crippen LogP contribution is 2.36. The second-order valence-electron chi connectivity index (χ2n) is 7.54. The number of terminal acetylenes is 1. The third-order valence-electron chi connectivity index (χ3n) is 5.49. The van der Waals surface area contributed by atoms with E-state index < -0.39 is 12.0 Å². The minimum Gasteiger partial charge on any atom is -0.462 e. The van der Waals surface area contributed by atoms with Gasteiger partial charge in [-0.3, -0.25) is 10.4 Å². The Balaban J connectivity index is 0.00000222. The summed E-state index contributed by atoms with van der Waals surface area (Å²) in [6.45, 7) is 3.71. The minimum absolute atomic E-state index is 0.154. The van der Waals surface area contributed by atoms with Crippen LogP contribution in [0.3, 0.4) is 0 Å². The molecule has 0 saturated carbocycles. The third kappa shape index (κ3) is 6.09. The minimum atomic E-state index is -0.645. The summed E-state index contributed by atoms with van der Waals surface area (Å²) in [7, 11) is 0. The number of esters is 1. The van der Waals surface area contributed by atoms with E-state index >= 15 is 0 Å². The number of nitrogens with one attached hydrogen (secondary N) is 1. The molecule has 2 aromatic rings. The zero-order valence-corrected chi connectivity index (χ0v) is 20.4. The fourth-order valence-corrected chi connectivity index (χ4v) is 3.81. The Bertz CT molecular complexity index is 1250. The lowest BCUT2D eigenvalue weighted by atomic mass is 9.91. The lowest BCUT2D eigenvalue weighted by molar-refractivity contribution is -0.139. The zero-order chi connectivity index (χ0) is 26.7. The molecule has 36 heavy (non-hydrogen) atoms. The smallest absolute Gasteiger partial charge is 0.338 e. The maximum absolute atomic E-state index is 13.2. The van der Waals surface area contributed by atoms with Crippen LogP contribution in [0.2, 0.25) is 0 Å². The molecule has 0 spiro atoms. The van der Waals surface area contributed by atoms with E-state index in [2.05, 4.69) is 28.4 Å². The normalized spacial score (nSPS) is 16.4. The number of hydrogen-bond acceptors (Lipinski definition) is 9. The van der Waals surface area contributed by atoms with Crippen LogP contribution in [0.4, 0.5) is 0 Å². The van der Waals surface area contributed by atoms with Crippen LogP contribution in [-0.4, -0.2) is 29.4 Å². The van der Waals surface area contributed by atoms with E-state index in [0.29, 0.717) is 23.3 Å². The summed E-state index contributed by atoms with van der Waals surface area (Å²) < 4.78 is 5.58. The van der Waals surface area contributed by atoms with E-state index in [1.807, 2.05) is 55.5 Å². The Labute approximate surface area is 211 Å². The number of allylic oxidation sites excluding steroid dienone is 2. The Morgan fingerprint density at radius 3 is 2.61 bits per heavy atom. The molecule has 0 bridgehead atoms. The highest BCUT2D eigenvalue weighted by Gasteiger charge is 2.36. The first kappa shape index (κ1) is 27.7. The number of hydrazine groups is 2. The molecule has 1 aliphatic rings. The van der Waals surface area contributed by atoms with Crippen LogP contribution in [0.1, 0.15) is 31.9 Å². The number of guanidine groups is 1. The Hall–Kier alpha value is -4.59. The monoisotopic (exact) mass is 488 g/mol. The number of hydrazone groups is 1. The summed E-state index contributed by atoms with van der Waals surface area (Å²) in [5.41, 5.74) is 10.6. The van der Waals surface area contributed by atoms with Crippen LogP contribution < -0.4 is 28.7 Å². The summed E-state index contributed by atoms with van der Waals surface area (Å²) >= 11 is 0. The zero-order valence-electron chi connectivity index (χ0n) is 20.4. The molecular formula is C26H32N8O2. The number of carbonyl (C=O) groups is 1. The Kier molecular flexibility index (Phi) is 10.2. The molecule has 0 aliphatic carbocycles. The fourth-order valence-electron chi connectivity index (χ4n) is 3.81. The summed E-state index contributed by atoms with van der Waals surface area (Å²) in [6.07, 6.45) is 13.9. The van der Waals surface area contributed by atoms with Crippen molar-refractivity contribution in [2.45, 2.75) is 26.3 Å². The molecule has 0 saturated heterocycles. The SMILES string of the molecule is C#C.C/C=C(\C=C/CCOC(=O)C1=C(C)N=C(NN)N(N)C1c1cccc2ccccc12)C(/N)=N/N. The van der Waals surface area contributed by atoms with Crippen molar-refractivity contribution in [3.05, 3.63) is 83.1 Å². The van der Waals surface area contributed by atoms with Crippen molar-refractivity contribution in [3.8, 4) is 12.8 Å². The Morgan fingerprint density at radius 1 is 1.25 bits per heavy atom. The van der Waals surface area contributed by atoms with Crippen molar-refractivity contribution < 1.29 is 9.53 Å². The van der Waals surface area contributed by atoms with Crippen LogP contribution in [-0.2, 0) is 9.53 Å². The number of fused-ring (bicyclic) bond motifs is 1. The molecule has 0 amide bonds. The molecule has 2 aromatic carbocycles. The van der Waals surface area contributed by atoms with Crippen molar-refractivity contribution >= 4 is 28.5 Å². The highest BCUT2D eigenvalue weighted by molar-refractivity contribution is 5.99. The lowest BCUT2D eigenvalue weighted by Gasteiger charge is -2.35. The molecule has 10 nitrogen and oxygen atoms in total. The van der Waals surface area contributed by atoms with E-state index in [9.17, 15) is 4.79 Å². The number of nitrogens with two attached hydrogens (primary N) is 4. The molecule has 1 atom stereocenters. The third-order valence-corrected chi connectivity index (χ3v) is 5.49. The Morgan fingerprint density at radius 2 is 1.94 bits per heavy atom. The number of carbonyl (C=O) groups excluding carboxylic acids is 1. The van der Waals surface area contributed by atoms with Gasteiger partial charge in [-0.05, 0) is 36.6 Å². The number of hydrogen-bond donors (Lipinski definition) is 5. The average Bonchev–Trinajstić information content (AvgIpc) is 2.91. The highest BCUT2D eigenvalue weighted by atomic mass is 16.5. The van der Waals surface area contributed by atoms with E-state index in [-0.39, 0.29) is 18.4 Å². The van der Waals surface area contributed by atoms with Gasteiger partial charge in [0.05, 0.1) is 17.9 Å². The first-order valence-electron chi connectivity index (χ1n) is 11.1. The number of nitrogens with zero attached hydrogens (tertiary/aromatic N) is 3. The van der Waals surface area contributed by atoms with Gasteiger partial charge in [0.15, 0.2) is 0 Å². The second-order valence-corrected chi connectivity index (χ2v) is 7.54. The molecule has 1 heterocycles. The topological polar surface area (TPSA) is 170 Å². The molecule has 0 radical (unpaired) electrons. The largest absolute Gasteiger partial charge is 0.462 e. The van der Waals surface area contributed by atoms with Gasteiger partial charge in [0, 0.05) is 5.57 Å². The van der Waals surface area contributed by atoms with Crippen molar-refractivity contribution in [1.29, 1.82) is 0 Å². The summed E-state index contributed by atoms with van der Waals surface area (Å²) in [5, 5.41) is 6.80. The van der Waals surface area contributed by atoms with E-state index in [1.165, 1.54) is 5.01 Å². The van der Waals surface area contributed by atoms with Crippen LogP contribution >= 0.6 is 0 Å². The van der Waals surface area contributed by atoms with Crippen LogP contribution in [0.25, 0.3) is 10.8 Å². The predicted octanol–water partition coefficient (Wildman–Crippen LogP) is 2.08. The first-order valence-corrected chi connectivity index (χ1v) is 11.1. The van der Waals surface area contributed by atoms with Crippen molar-refractivity contribution in [2.75, 3.05) is 6.61 Å². The fraction of sp³-hybridized carbons (Fsp3) is 0.192. The van der Waals surface area contributed by atoms with Crippen molar-refractivity contribution in [2.24, 2.45) is 33.4 Å². The van der Waals surface area contributed by atoms with Gasteiger partial charge in [0.1, 0.15) is 11.9 Å². The number of aliphatic imine (C=N–C) groups is 1. The number of benzene rings is 2. The molecule has 0 fully saturated rings. The average molecular weight is 489 g/mol. The maximum atomic E-state index is 13.2. The molecule has 1 aliphatic heterocycles. The summed E-state index contributed by atoms with van der Waals surface area (Å²) in [4.78, 5) is 17.5. The van der Waals surface area contributed by atoms with E-state index in [4.69, 9.17) is 28.0 Å². The molecule has 9 N–H and O–H groups in total. The van der Waals surface area contributed by atoms with E-state index in [1.54, 1.807) is 19.1 Å². The quantitative estimate of drug-likeness (QED) is 0.0576. The second kappa shape index (κ2) is 13.3. The lowest BCUT2D eigenvalue weighted by Crippen LogP contribution is -2.53. The van der Waals surface area contributed by atoms with Crippen molar-refractivity contribution in [3.63, 3.8) is 0 Å². The van der Waals surface area contributed by atoms with Crippen molar-refractivity contribution in [1.82, 2.24) is 10.4 Å². The summed E-state index contributed by atoms with van der Waals surface area (Å²) in [6, 6.07) is 13.1. The van der Waals surface area contributed by atoms with Gasteiger partial charge in [0.2, 0.25) is 5.96 Å².